The van der Waals surface area contributed by atoms with Gasteiger partial charge in [0.1, 0.15) is 12.4 Å². The molecule has 1 aromatic heterocycles. The monoisotopic (exact) mass is 240 g/mol. The van der Waals surface area contributed by atoms with E-state index in [4.69, 9.17) is 9.15 Å². The first kappa shape index (κ1) is 14.2. The second-order valence-corrected chi connectivity index (χ2v) is 6.22. The molecule has 0 aliphatic carbocycles. The van der Waals surface area contributed by atoms with Crippen LogP contribution in [0, 0.1) is 0 Å². The van der Waals surface area contributed by atoms with Crippen LogP contribution in [0.5, 0.6) is 0 Å². The maximum atomic E-state index is 5.62. The number of rotatable bonds is 4. The van der Waals surface area contributed by atoms with E-state index in [-0.39, 0.29) is 11.1 Å². The quantitative estimate of drug-likeness (QED) is 0.879. The summed E-state index contributed by atoms with van der Waals surface area (Å²) < 4.78 is 11.2. The highest BCUT2D eigenvalue weighted by Crippen LogP contribution is 2.13. The minimum atomic E-state index is -0.156. The summed E-state index contributed by atoms with van der Waals surface area (Å²) in [5, 5.41) is 3.33. The Morgan fingerprint density at radius 3 is 2.41 bits per heavy atom. The van der Waals surface area contributed by atoms with Crippen LogP contribution in [0.4, 0.5) is 0 Å². The molecular formula is C13H24N2O2. The van der Waals surface area contributed by atoms with Crippen molar-refractivity contribution in [2.24, 2.45) is 0 Å². The van der Waals surface area contributed by atoms with E-state index in [2.05, 4.69) is 31.1 Å². The van der Waals surface area contributed by atoms with Crippen LogP contribution in [0.3, 0.4) is 0 Å². The second-order valence-electron chi connectivity index (χ2n) is 6.22. The first-order valence-corrected chi connectivity index (χ1v) is 5.98. The van der Waals surface area contributed by atoms with Crippen molar-refractivity contribution in [2.45, 2.75) is 65.8 Å². The molecule has 98 valence electrons. The van der Waals surface area contributed by atoms with Gasteiger partial charge in [-0.15, -0.1) is 0 Å². The van der Waals surface area contributed by atoms with E-state index in [1.807, 2.05) is 20.8 Å². The zero-order valence-electron chi connectivity index (χ0n) is 11.8. The Balaban J connectivity index is 2.43. The van der Waals surface area contributed by atoms with E-state index in [9.17, 15) is 0 Å². The first-order chi connectivity index (χ1) is 7.66. The SMILES string of the molecule is CC(C)(C)NCc1ncc(COC(C)(C)C)o1. The molecule has 0 fully saturated rings. The van der Waals surface area contributed by atoms with Gasteiger partial charge in [0, 0.05) is 5.54 Å². The molecule has 0 atom stereocenters. The summed E-state index contributed by atoms with van der Waals surface area (Å²) in [6, 6.07) is 0. The van der Waals surface area contributed by atoms with Gasteiger partial charge in [0.15, 0.2) is 0 Å². The lowest BCUT2D eigenvalue weighted by Crippen LogP contribution is -2.35. The molecule has 0 radical (unpaired) electrons. The van der Waals surface area contributed by atoms with Crippen molar-refractivity contribution in [3.05, 3.63) is 17.8 Å². The molecule has 1 rings (SSSR count). The van der Waals surface area contributed by atoms with E-state index in [1.165, 1.54) is 0 Å². The van der Waals surface area contributed by atoms with Crippen molar-refractivity contribution in [2.75, 3.05) is 0 Å². The summed E-state index contributed by atoms with van der Waals surface area (Å²) in [7, 11) is 0. The lowest BCUT2D eigenvalue weighted by Gasteiger charge is -2.19. The van der Waals surface area contributed by atoms with Crippen LogP contribution in [0.25, 0.3) is 0 Å². The van der Waals surface area contributed by atoms with Crippen molar-refractivity contribution in [3.63, 3.8) is 0 Å². The second kappa shape index (κ2) is 5.19. The normalized spacial score (nSPS) is 13.1. The molecule has 0 spiro atoms. The molecular weight excluding hydrogens is 216 g/mol. The zero-order chi connectivity index (χ0) is 13.1. The number of nitrogens with one attached hydrogen (secondary N) is 1. The number of nitrogens with zero attached hydrogens (tertiary/aromatic N) is 1. The van der Waals surface area contributed by atoms with Crippen LogP contribution in [-0.4, -0.2) is 16.1 Å². The van der Waals surface area contributed by atoms with Crippen LogP contribution in [-0.2, 0) is 17.9 Å². The van der Waals surface area contributed by atoms with Crippen molar-refractivity contribution >= 4 is 0 Å². The lowest BCUT2D eigenvalue weighted by molar-refractivity contribution is -0.0227. The lowest BCUT2D eigenvalue weighted by atomic mass is 10.1. The summed E-state index contributed by atoms with van der Waals surface area (Å²) in [5.74, 6) is 1.47. The molecule has 1 heterocycles. The molecule has 0 amide bonds. The topological polar surface area (TPSA) is 47.3 Å². The van der Waals surface area contributed by atoms with Gasteiger partial charge in [-0.3, -0.25) is 0 Å². The van der Waals surface area contributed by atoms with E-state index < -0.39 is 0 Å². The molecule has 1 N–H and O–H groups in total. The van der Waals surface area contributed by atoms with E-state index >= 15 is 0 Å². The highest BCUT2D eigenvalue weighted by Gasteiger charge is 2.14. The molecule has 0 aliphatic rings. The van der Waals surface area contributed by atoms with Crippen LogP contribution < -0.4 is 5.32 Å². The van der Waals surface area contributed by atoms with Crippen LogP contribution in [0.15, 0.2) is 10.6 Å². The summed E-state index contributed by atoms with van der Waals surface area (Å²) >= 11 is 0. The van der Waals surface area contributed by atoms with Gasteiger partial charge in [-0.2, -0.15) is 0 Å². The van der Waals surface area contributed by atoms with Gasteiger partial charge >= 0.3 is 0 Å². The molecule has 0 unspecified atom stereocenters. The Kier molecular flexibility index (Phi) is 4.33. The largest absolute Gasteiger partial charge is 0.442 e. The van der Waals surface area contributed by atoms with E-state index in [0.29, 0.717) is 19.0 Å². The number of hydrogen-bond acceptors (Lipinski definition) is 4. The summed E-state index contributed by atoms with van der Waals surface area (Å²) in [5.41, 5.74) is -0.0901. The van der Waals surface area contributed by atoms with Crippen molar-refractivity contribution in [1.29, 1.82) is 0 Å². The summed E-state index contributed by atoms with van der Waals surface area (Å²) in [6.45, 7) is 13.5. The molecule has 4 heteroatoms. The van der Waals surface area contributed by atoms with Crippen molar-refractivity contribution in [3.8, 4) is 0 Å². The van der Waals surface area contributed by atoms with Gasteiger partial charge in [0.05, 0.1) is 18.3 Å². The van der Waals surface area contributed by atoms with E-state index in [0.717, 1.165) is 5.76 Å². The fourth-order valence-electron chi connectivity index (χ4n) is 1.12. The predicted molar refractivity (Wildman–Crippen MR) is 67.6 cm³/mol. The summed E-state index contributed by atoms with van der Waals surface area (Å²) in [4.78, 5) is 4.21. The standard InChI is InChI=1S/C13H24N2O2/c1-12(2,3)15-8-11-14-7-10(17-11)9-16-13(4,5)6/h7,15H,8-9H2,1-6H3. The van der Waals surface area contributed by atoms with Gasteiger partial charge in [-0.25, -0.2) is 4.98 Å². The number of ether oxygens (including phenoxy) is 1. The minimum Gasteiger partial charge on any atom is -0.442 e. The Morgan fingerprint density at radius 2 is 1.88 bits per heavy atom. The van der Waals surface area contributed by atoms with Crippen molar-refractivity contribution < 1.29 is 9.15 Å². The van der Waals surface area contributed by atoms with Gasteiger partial charge in [0.25, 0.3) is 0 Å². The highest BCUT2D eigenvalue weighted by atomic mass is 16.5. The molecule has 17 heavy (non-hydrogen) atoms. The molecule has 1 aromatic rings. The van der Waals surface area contributed by atoms with Crippen molar-refractivity contribution in [1.82, 2.24) is 10.3 Å². The number of aromatic nitrogens is 1. The van der Waals surface area contributed by atoms with E-state index in [1.54, 1.807) is 6.20 Å². The maximum Gasteiger partial charge on any atom is 0.208 e. The van der Waals surface area contributed by atoms with Gasteiger partial charge in [-0.1, -0.05) is 0 Å². The summed E-state index contributed by atoms with van der Waals surface area (Å²) in [6.07, 6.45) is 1.73. The molecule has 4 nitrogen and oxygen atoms in total. The third-order valence-corrected chi connectivity index (χ3v) is 2.02. The fourth-order valence-corrected chi connectivity index (χ4v) is 1.12. The molecule has 0 aliphatic heterocycles. The third-order valence-electron chi connectivity index (χ3n) is 2.02. The van der Waals surface area contributed by atoms with Crippen LogP contribution >= 0.6 is 0 Å². The minimum absolute atomic E-state index is 0.0660. The average Bonchev–Trinajstić information content (AvgIpc) is 2.57. The maximum absolute atomic E-state index is 5.62. The van der Waals surface area contributed by atoms with Gasteiger partial charge < -0.3 is 14.5 Å². The molecule has 0 saturated heterocycles. The number of hydrogen-bond donors (Lipinski definition) is 1. The molecule has 0 aromatic carbocycles. The van der Waals surface area contributed by atoms with Gasteiger partial charge in [0.2, 0.25) is 5.89 Å². The average molecular weight is 240 g/mol. The van der Waals surface area contributed by atoms with Gasteiger partial charge in [-0.05, 0) is 41.5 Å². The smallest absolute Gasteiger partial charge is 0.208 e. The zero-order valence-corrected chi connectivity index (χ0v) is 11.8. The first-order valence-electron chi connectivity index (χ1n) is 5.98. The Hall–Kier alpha value is -0.870. The Morgan fingerprint density at radius 1 is 1.24 bits per heavy atom. The fraction of sp³-hybridized carbons (Fsp3) is 0.769. The third kappa shape index (κ3) is 6.44. The Bertz CT molecular complexity index is 313. The predicted octanol–water partition coefficient (Wildman–Crippen LogP) is 2.88. The molecule has 0 saturated carbocycles. The highest BCUT2D eigenvalue weighted by molar-refractivity contribution is 4.93. The number of oxazole rings is 1. The molecule has 0 bridgehead atoms. The van der Waals surface area contributed by atoms with Crippen LogP contribution in [0.2, 0.25) is 0 Å². The van der Waals surface area contributed by atoms with Crippen LogP contribution in [0.1, 0.15) is 53.2 Å². The Labute approximate surface area is 104 Å².